The van der Waals surface area contributed by atoms with Gasteiger partial charge in [0.25, 0.3) is 5.52 Å². The molecule has 0 spiro atoms. The molecule has 1 heterocycles. The Hall–Kier alpha value is -2.14. The molecule has 5 heteroatoms. The number of rotatable bonds is 3. The summed E-state index contributed by atoms with van der Waals surface area (Å²) in [5.41, 5.74) is 0.760. The summed E-state index contributed by atoms with van der Waals surface area (Å²) in [5, 5.41) is 2.80. The van der Waals surface area contributed by atoms with Gasteiger partial charge in [0.15, 0.2) is 0 Å². The molecule has 0 N–H and O–H groups in total. The molecule has 0 unspecified atom stereocenters. The van der Waals surface area contributed by atoms with E-state index in [-0.39, 0.29) is 0 Å². The zero-order chi connectivity index (χ0) is 16.6. The third-order valence-electron chi connectivity index (χ3n) is 4.81. The summed E-state index contributed by atoms with van der Waals surface area (Å²) in [6, 6.07) is 15.8. The average Bonchev–Trinajstić information content (AvgIpc) is 2.62. The van der Waals surface area contributed by atoms with Crippen molar-refractivity contribution in [3.63, 3.8) is 0 Å². The molecule has 4 nitrogen and oxygen atoms in total. The molecule has 1 aliphatic carbocycles. The predicted octanol–water partition coefficient (Wildman–Crippen LogP) is 3.37. The maximum absolute atomic E-state index is 12.6. The van der Waals surface area contributed by atoms with Crippen molar-refractivity contribution in [3.8, 4) is 0 Å². The standard InChI is InChI=1S/C19H20NO3S/c21-24(22,16-8-2-1-3-9-16)23-20-14-6-11-18-17-10-5-4-7-15(17)12-13-19(18)20/h4-7,10-14,16H,1-3,8-9H2/q+1. The molecular weight excluding hydrogens is 322 g/mol. The van der Waals surface area contributed by atoms with E-state index in [2.05, 4.69) is 0 Å². The van der Waals surface area contributed by atoms with Gasteiger partial charge in [-0.1, -0.05) is 43.5 Å². The van der Waals surface area contributed by atoms with Crippen LogP contribution in [-0.4, -0.2) is 13.7 Å². The minimum Gasteiger partial charge on any atom is -0.181 e. The van der Waals surface area contributed by atoms with E-state index in [1.54, 1.807) is 6.20 Å². The summed E-state index contributed by atoms with van der Waals surface area (Å²) in [7, 11) is -3.62. The lowest BCUT2D eigenvalue weighted by Crippen LogP contribution is -2.49. The number of pyridine rings is 1. The molecular formula is C19H20NO3S+. The van der Waals surface area contributed by atoms with Gasteiger partial charge in [-0.2, -0.15) is 8.42 Å². The lowest BCUT2D eigenvalue weighted by Gasteiger charge is -2.18. The Kier molecular flexibility index (Phi) is 3.88. The summed E-state index contributed by atoms with van der Waals surface area (Å²) in [5.74, 6) is 0. The second-order valence-corrected chi connectivity index (χ2v) is 8.18. The fourth-order valence-electron chi connectivity index (χ4n) is 3.54. The fraction of sp³-hybridized carbons (Fsp3) is 0.316. The van der Waals surface area contributed by atoms with E-state index in [1.807, 2.05) is 48.5 Å². The van der Waals surface area contributed by atoms with Crippen LogP contribution in [0.1, 0.15) is 32.1 Å². The summed E-state index contributed by atoms with van der Waals surface area (Å²) >= 11 is 0. The number of fused-ring (bicyclic) bond motifs is 3. The molecule has 1 fully saturated rings. The van der Waals surface area contributed by atoms with Gasteiger partial charge in [0.2, 0.25) is 6.20 Å². The first kappa shape index (κ1) is 15.4. The molecule has 24 heavy (non-hydrogen) atoms. The molecule has 0 saturated heterocycles. The molecule has 1 aliphatic rings. The molecule has 2 aromatic carbocycles. The predicted molar refractivity (Wildman–Crippen MR) is 94.0 cm³/mol. The molecule has 0 amide bonds. The minimum absolute atomic E-state index is 0.394. The maximum atomic E-state index is 12.6. The first-order chi connectivity index (χ1) is 11.6. The Morgan fingerprint density at radius 2 is 1.62 bits per heavy atom. The van der Waals surface area contributed by atoms with Crippen molar-refractivity contribution < 1.29 is 17.4 Å². The largest absolute Gasteiger partial charge is 0.370 e. The first-order valence-electron chi connectivity index (χ1n) is 8.41. The van der Waals surface area contributed by atoms with E-state index in [0.717, 1.165) is 40.9 Å². The van der Waals surface area contributed by atoms with E-state index in [0.29, 0.717) is 12.8 Å². The maximum Gasteiger partial charge on any atom is 0.370 e. The zero-order valence-corrected chi connectivity index (χ0v) is 14.2. The number of hydrogen-bond donors (Lipinski definition) is 0. The molecule has 0 radical (unpaired) electrons. The first-order valence-corrected chi connectivity index (χ1v) is 9.88. The van der Waals surface area contributed by atoms with Gasteiger partial charge >= 0.3 is 10.1 Å². The topological polar surface area (TPSA) is 47.3 Å². The van der Waals surface area contributed by atoms with Crippen molar-refractivity contribution in [1.29, 1.82) is 0 Å². The highest BCUT2D eigenvalue weighted by Gasteiger charge is 2.33. The third kappa shape index (κ3) is 2.73. The van der Waals surface area contributed by atoms with Crippen LogP contribution in [0.4, 0.5) is 0 Å². The summed E-state index contributed by atoms with van der Waals surface area (Å²) in [4.78, 5) is 0. The van der Waals surface area contributed by atoms with Gasteiger partial charge in [-0.3, -0.25) is 0 Å². The monoisotopic (exact) mass is 342 g/mol. The number of hydrogen-bond acceptors (Lipinski definition) is 3. The number of benzene rings is 2. The minimum atomic E-state index is -3.62. The quantitative estimate of drug-likeness (QED) is 0.541. The summed E-state index contributed by atoms with van der Waals surface area (Å²) in [6.07, 6.45) is 6.07. The molecule has 0 atom stereocenters. The van der Waals surface area contributed by atoms with Crippen molar-refractivity contribution >= 4 is 31.8 Å². The molecule has 3 aromatic rings. The lowest BCUT2D eigenvalue weighted by atomic mass is 10.0. The van der Waals surface area contributed by atoms with Crippen LogP contribution in [0.3, 0.4) is 0 Å². The van der Waals surface area contributed by atoms with Crippen molar-refractivity contribution in [2.24, 2.45) is 0 Å². The Labute approximate surface area is 141 Å². The van der Waals surface area contributed by atoms with Gasteiger partial charge in [0.1, 0.15) is 5.25 Å². The third-order valence-corrected chi connectivity index (χ3v) is 6.47. The zero-order valence-electron chi connectivity index (χ0n) is 13.4. The van der Waals surface area contributed by atoms with Crippen molar-refractivity contribution in [2.45, 2.75) is 37.4 Å². The van der Waals surface area contributed by atoms with Crippen LogP contribution < -0.4 is 9.01 Å². The van der Waals surface area contributed by atoms with Crippen molar-refractivity contribution in [2.75, 3.05) is 0 Å². The van der Waals surface area contributed by atoms with Gasteiger partial charge in [-0.25, -0.2) is 0 Å². The molecule has 0 bridgehead atoms. The smallest absolute Gasteiger partial charge is 0.181 e. The van der Waals surface area contributed by atoms with Crippen LogP contribution >= 0.6 is 0 Å². The van der Waals surface area contributed by atoms with E-state index in [9.17, 15) is 8.42 Å². The fourth-order valence-corrected chi connectivity index (χ4v) is 4.93. The van der Waals surface area contributed by atoms with Crippen LogP contribution in [0.25, 0.3) is 21.7 Å². The molecule has 1 saturated carbocycles. The van der Waals surface area contributed by atoms with Crippen LogP contribution in [0.5, 0.6) is 0 Å². The molecule has 4 rings (SSSR count). The van der Waals surface area contributed by atoms with Crippen LogP contribution in [-0.2, 0) is 10.1 Å². The van der Waals surface area contributed by atoms with Crippen molar-refractivity contribution in [3.05, 3.63) is 54.7 Å². The second kappa shape index (κ2) is 6.06. The van der Waals surface area contributed by atoms with Crippen molar-refractivity contribution in [1.82, 2.24) is 0 Å². The van der Waals surface area contributed by atoms with E-state index in [4.69, 9.17) is 4.28 Å². The summed E-state index contributed by atoms with van der Waals surface area (Å²) < 4.78 is 32.1. The number of aromatic nitrogens is 1. The van der Waals surface area contributed by atoms with Crippen LogP contribution in [0.15, 0.2) is 54.7 Å². The van der Waals surface area contributed by atoms with E-state index in [1.165, 1.54) is 4.73 Å². The molecule has 0 aliphatic heterocycles. The Bertz CT molecular complexity index is 992. The van der Waals surface area contributed by atoms with E-state index < -0.39 is 15.4 Å². The molecule has 1 aromatic heterocycles. The van der Waals surface area contributed by atoms with E-state index >= 15 is 0 Å². The van der Waals surface area contributed by atoms with Gasteiger partial charge in [0, 0.05) is 16.9 Å². The highest BCUT2D eigenvalue weighted by Crippen LogP contribution is 2.25. The normalized spacial score (nSPS) is 16.5. The van der Waals surface area contributed by atoms with Gasteiger partial charge < -0.3 is 0 Å². The lowest BCUT2D eigenvalue weighted by molar-refractivity contribution is -0.835. The Morgan fingerprint density at radius 3 is 2.46 bits per heavy atom. The van der Waals surface area contributed by atoms with Gasteiger partial charge in [0.05, 0.1) is 5.39 Å². The Balaban J connectivity index is 1.78. The van der Waals surface area contributed by atoms with Crippen LogP contribution in [0, 0.1) is 0 Å². The molecule has 124 valence electrons. The number of nitrogens with zero attached hydrogens (tertiary/aromatic N) is 1. The van der Waals surface area contributed by atoms with Gasteiger partial charge in [-0.05, 0) is 35.7 Å². The Morgan fingerprint density at radius 1 is 0.875 bits per heavy atom. The average molecular weight is 342 g/mol. The van der Waals surface area contributed by atoms with Gasteiger partial charge in [-0.15, -0.1) is 4.28 Å². The highest BCUT2D eigenvalue weighted by atomic mass is 32.2. The highest BCUT2D eigenvalue weighted by molar-refractivity contribution is 7.87. The van der Waals surface area contributed by atoms with Crippen LogP contribution in [0.2, 0.25) is 0 Å². The summed E-state index contributed by atoms with van der Waals surface area (Å²) in [6.45, 7) is 0. The SMILES string of the molecule is O=S(=O)(O[n+]1cccc2c3ccccc3ccc21)C1CCCCC1. The second-order valence-electron chi connectivity index (χ2n) is 6.38.